The topological polar surface area (TPSA) is 92.7 Å². The summed E-state index contributed by atoms with van der Waals surface area (Å²) in [5, 5.41) is 9.43. The zero-order valence-electron chi connectivity index (χ0n) is 19.4. The van der Waals surface area contributed by atoms with Gasteiger partial charge < -0.3 is 4.74 Å². The van der Waals surface area contributed by atoms with E-state index in [9.17, 15) is 18.4 Å². The van der Waals surface area contributed by atoms with Crippen LogP contribution in [-0.2, 0) is 14.6 Å². The number of ether oxygens (including phenoxy) is 1. The lowest BCUT2D eigenvalue weighted by Crippen LogP contribution is -2.51. The van der Waals surface area contributed by atoms with E-state index in [0.717, 1.165) is 38.5 Å². The van der Waals surface area contributed by atoms with Crippen molar-refractivity contribution in [1.29, 1.82) is 0 Å². The lowest BCUT2D eigenvalue weighted by atomic mass is 9.99. The molecule has 1 rings (SSSR count). The summed E-state index contributed by atoms with van der Waals surface area (Å²) in [6.07, 6.45) is 6.71. The van der Waals surface area contributed by atoms with Crippen LogP contribution >= 0.6 is 0 Å². The molecule has 7 heteroatoms. The number of hydroxylamine groups is 1. The number of benzene rings is 1. The maximum Gasteiger partial charge on any atom is 0.267 e. The molecule has 0 saturated carbocycles. The minimum absolute atomic E-state index is 0.0533. The van der Waals surface area contributed by atoms with E-state index in [2.05, 4.69) is 37.5 Å². The number of nitrogens with one attached hydrogen (secondary N) is 1. The van der Waals surface area contributed by atoms with Crippen LogP contribution in [-0.4, -0.2) is 31.4 Å². The number of hydrogen-bond donors (Lipinski definition) is 2. The number of unbranched alkanes of at least 4 members (excludes halogenated alkanes) is 6. The Morgan fingerprint density at radius 3 is 1.84 bits per heavy atom. The molecule has 0 aromatic heterocycles. The Morgan fingerprint density at radius 2 is 1.44 bits per heavy atom. The van der Waals surface area contributed by atoms with Gasteiger partial charge in [-0.05, 0) is 37.1 Å². The molecule has 1 aromatic carbocycles. The molecule has 6 nitrogen and oxygen atoms in total. The quantitative estimate of drug-likeness (QED) is 0.204. The smallest absolute Gasteiger partial charge is 0.267 e. The van der Waals surface area contributed by atoms with E-state index < -0.39 is 20.5 Å². The van der Waals surface area contributed by atoms with E-state index >= 15 is 0 Å². The van der Waals surface area contributed by atoms with Crippen LogP contribution in [0.2, 0.25) is 0 Å². The van der Waals surface area contributed by atoms with Crippen LogP contribution in [0.1, 0.15) is 78.1 Å². The zero-order chi connectivity index (χ0) is 23.9. The maximum atomic E-state index is 13.6. The molecule has 0 radical (unpaired) electrons. The molecular weight excluding hydrogens is 426 g/mol. The van der Waals surface area contributed by atoms with Crippen LogP contribution in [0.3, 0.4) is 0 Å². The SMILES string of the molecule is CCCCCC#CCC(CC#CCCCCC)(C(=O)NO)S(=O)(=O)c1ccc(OC)cc1. The largest absolute Gasteiger partial charge is 0.497 e. The Kier molecular flexibility index (Phi) is 12.5. The Hall–Kier alpha value is -2.48. The molecular formula is C25H35NO5S. The second-order valence-corrected chi connectivity index (χ2v) is 9.85. The van der Waals surface area contributed by atoms with Crippen molar-refractivity contribution in [2.75, 3.05) is 7.11 Å². The highest BCUT2D eigenvalue weighted by Crippen LogP contribution is 2.33. The monoisotopic (exact) mass is 461 g/mol. The summed E-state index contributed by atoms with van der Waals surface area (Å²) in [6.45, 7) is 4.18. The van der Waals surface area contributed by atoms with Crippen LogP contribution in [0.25, 0.3) is 0 Å². The maximum absolute atomic E-state index is 13.6. The van der Waals surface area contributed by atoms with Gasteiger partial charge in [0.2, 0.25) is 0 Å². The van der Waals surface area contributed by atoms with Crippen molar-refractivity contribution in [3.05, 3.63) is 24.3 Å². The highest BCUT2D eigenvalue weighted by molar-refractivity contribution is 7.93. The summed E-state index contributed by atoms with van der Waals surface area (Å²) in [7, 11) is -2.75. The molecule has 32 heavy (non-hydrogen) atoms. The summed E-state index contributed by atoms with van der Waals surface area (Å²) in [5.41, 5.74) is 1.55. The molecule has 0 saturated heterocycles. The average molecular weight is 462 g/mol. The molecule has 0 aliphatic rings. The van der Waals surface area contributed by atoms with Crippen molar-refractivity contribution in [3.8, 4) is 29.4 Å². The number of amides is 1. The Balaban J connectivity index is 3.36. The summed E-state index contributed by atoms with van der Waals surface area (Å²) in [4.78, 5) is 12.8. The first kappa shape index (κ1) is 27.6. The van der Waals surface area contributed by atoms with Gasteiger partial charge in [-0.2, -0.15) is 0 Å². The molecule has 0 aliphatic heterocycles. The van der Waals surface area contributed by atoms with Crippen molar-refractivity contribution in [2.24, 2.45) is 0 Å². The number of carbonyl (C=O) groups excluding carboxylic acids is 1. The van der Waals surface area contributed by atoms with E-state index in [1.165, 1.54) is 31.4 Å². The highest BCUT2D eigenvalue weighted by atomic mass is 32.2. The van der Waals surface area contributed by atoms with Gasteiger partial charge in [0.15, 0.2) is 14.6 Å². The number of hydrogen-bond acceptors (Lipinski definition) is 5. The third-order valence-corrected chi connectivity index (χ3v) is 7.60. The van der Waals surface area contributed by atoms with E-state index in [1.807, 2.05) is 0 Å². The van der Waals surface area contributed by atoms with Gasteiger partial charge in [0.05, 0.1) is 12.0 Å². The van der Waals surface area contributed by atoms with Crippen LogP contribution in [0.15, 0.2) is 29.2 Å². The lowest BCUT2D eigenvalue weighted by Gasteiger charge is -2.27. The summed E-state index contributed by atoms with van der Waals surface area (Å²) >= 11 is 0. The fraction of sp³-hybridized carbons (Fsp3) is 0.560. The number of carbonyl (C=O) groups is 1. The van der Waals surface area contributed by atoms with Gasteiger partial charge in [-0.25, -0.2) is 13.9 Å². The summed E-state index contributed by atoms with van der Waals surface area (Å²) < 4.78 is 30.4. The predicted octanol–water partition coefficient (Wildman–Crippen LogP) is 4.66. The van der Waals surface area contributed by atoms with E-state index in [0.29, 0.717) is 18.6 Å². The first-order valence-corrected chi connectivity index (χ1v) is 12.6. The molecule has 0 heterocycles. The molecule has 0 bridgehead atoms. The van der Waals surface area contributed by atoms with Gasteiger partial charge in [0.25, 0.3) is 5.91 Å². The second-order valence-electron chi connectivity index (χ2n) is 7.59. The first-order chi connectivity index (χ1) is 15.4. The van der Waals surface area contributed by atoms with Crippen LogP contribution in [0.5, 0.6) is 5.75 Å². The Bertz CT molecular complexity index is 901. The molecule has 0 aliphatic carbocycles. The minimum atomic E-state index is -4.23. The third kappa shape index (κ3) is 7.58. The summed E-state index contributed by atoms with van der Waals surface area (Å²) in [5.74, 6) is 11.1. The molecule has 0 unspecified atom stereocenters. The first-order valence-electron chi connectivity index (χ1n) is 11.1. The lowest BCUT2D eigenvalue weighted by molar-refractivity contribution is -0.131. The second kappa shape index (κ2) is 14.6. The number of rotatable bonds is 12. The molecule has 2 N–H and O–H groups in total. The standard InChI is InChI=1S/C25H35NO5S/c1-4-6-8-10-12-14-20-25(24(27)26-28,21-15-13-11-9-7-5-2)32(29,30)23-18-16-22(31-3)17-19-23/h16-19,28H,4-11,20-21H2,1-3H3,(H,26,27). The Labute approximate surface area is 193 Å². The van der Waals surface area contributed by atoms with E-state index in [1.54, 1.807) is 5.48 Å². The van der Waals surface area contributed by atoms with E-state index in [4.69, 9.17) is 4.74 Å². The van der Waals surface area contributed by atoms with Crippen molar-refractivity contribution in [1.82, 2.24) is 5.48 Å². The van der Waals surface area contributed by atoms with E-state index in [-0.39, 0.29) is 17.7 Å². The number of methoxy groups -OCH3 is 1. The van der Waals surface area contributed by atoms with Crippen molar-refractivity contribution in [2.45, 2.75) is 87.7 Å². The van der Waals surface area contributed by atoms with Crippen molar-refractivity contribution >= 4 is 15.7 Å². The fourth-order valence-electron chi connectivity index (χ4n) is 3.13. The average Bonchev–Trinajstić information content (AvgIpc) is 2.81. The normalized spacial score (nSPS) is 11.0. The minimum Gasteiger partial charge on any atom is -0.497 e. The van der Waals surface area contributed by atoms with Crippen LogP contribution < -0.4 is 10.2 Å². The number of sulfone groups is 1. The molecule has 1 aromatic rings. The molecule has 1 amide bonds. The fourth-order valence-corrected chi connectivity index (χ4v) is 4.89. The third-order valence-electron chi connectivity index (χ3n) is 5.21. The van der Waals surface area contributed by atoms with Crippen molar-refractivity contribution in [3.63, 3.8) is 0 Å². The molecule has 0 spiro atoms. The zero-order valence-corrected chi connectivity index (χ0v) is 20.2. The van der Waals surface area contributed by atoms with Gasteiger partial charge in [0.1, 0.15) is 5.75 Å². The summed E-state index contributed by atoms with van der Waals surface area (Å²) in [6, 6.07) is 5.80. The highest BCUT2D eigenvalue weighted by Gasteiger charge is 2.50. The van der Waals surface area contributed by atoms with Gasteiger partial charge in [-0.15, -0.1) is 23.7 Å². The van der Waals surface area contributed by atoms with Crippen LogP contribution in [0.4, 0.5) is 0 Å². The van der Waals surface area contributed by atoms with Crippen molar-refractivity contribution < 1.29 is 23.2 Å². The Morgan fingerprint density at radius 1 is 0.938 bits per heavy atom. The van der Waals surface area contributed by atoms with Crippen LogP contribution in [0, 0.1) is 23.7 Å². The van der Waals surface area contributed by atoms with Gasteiger partial charge in [-0.3, -0.25) is 10.0 Å². The van der Waals surface area contributed by atoms with Gasteiger partial charge in [-0.1, -0.05) is 39.5 Å². The van der Waals surface area contributed by atoms with Gasteiger partial charge >= 0.3 is 0 Å². The molecule has 176 valence electrons. The predicted molar refractivity (Wildman–Crippen MR) is 126 cm³/mol. The molecule has 0 fully saturated rings. The van der Waals surface area contributed by atoms with Gasteiger partial charge in [0, 0.05) is 25.7 Å². The molecule has 0 atom stereocenters.